The SMILES string of the molecule is COc1cc(/C=N\NC(=O)Cc2cccc3ccccc23)cc([N+](=O)[O-])c1[O-]. The highest BCUT2D eigenvalue weighted by Crippen LogP contribution is 2.33. The second-order valence-electron chi connectivity index (χ2n) is 5.94. The van der Waals surface area contributed by atoms with Gasteiger partial charge < -0.3 is 9.84 Å². The number of carbonyl (C=O) groups is 1. The maximum atomic E-state index is 12.2. The van der Waals surface area contributed by atoms with Gasteiger partial charge in [-0.25, -0.2) is 5.43 Å². The Balaban J connectivity index is 1.73. The van der Waals surface area contributed by atoms with E-state index in [0.717, 1.165) is 22.4 Å². The van der Waals surface area contributed by atoms with Crippen LogP contribution in [0.25, 0.3) is 10.8 Å². The summed E-state index contributed by atoms with van der Waals surface area (Å²) in [6.45, 7) is 0. The quantitative estimate of drug-likeness (QED) is 0.402. The molecule has 1 amide bonds. The fourth-order valence-corrected chi connectivity index (χ4v) is 2.81. The van der Waals surface area contributed by atoms with Crippen LogP contribution in [0.4, 0.5) is 5.69 Å². The zero-order valence-corrected chi connectivity index (χ0v) is 14.9. The van der Waals surface area contributed by atoms with Crippen molar-refractivity contribution in [3.63, 3.8) is 0 Å². The molecule has 3 rings (SSSR count). The number of nitrogens with zero attached hydrogens (tertiary/aromatic N) is 2. The monoisotopic (exact) mass is 378 g/mol. The summed E-state index contributed by atoms with van der Waals surface area (Å²) in [4.78, 5) is 22.4. The van der Waals surface area contributed by atoms with Gasteiger partial charge in [-0.1, -0.05) is 42.5 Å². The topological polar surface area (TPSA) is 117 Å². The summed E-state index contributed by atoms with van der Waals surface area (Å²) in [5.74, 6) is -1.32. The van der Waals surface area contributed by atoms with Crippen LogP contribution >= 0.6 is 0 Å². The molecule has 0 bridgehead atoms. The molecule has 0 aliphatic carbocycles. The highest BCUT2D eigenvalue weighted by Gasteiger charge is 2.13. The van der Waals surface area contributed by atoms with E-state index in [0.29, 0.717) is 0 Å². The number of hydrazone groups is 1. The zero-order chi connectivity index (χ0) is 20.1. The van der Waals surface area contributed by atoms with Gasteiger partial charge in [-0.05, 0) is 22.4 Å². The number of nitro groups is 1. The zero-order valence-electron chi connectivity index (χ0n) is 14.9. The van der Waals surface area contributed by atoms with E-state index in [4.69, 9.17) is 4.74 Å². The van der Waals surface area contributed by atoms with E-state index >= 15 is 0 Å². The van der Waals surface area contributed by atoms with Crippen LogP contribution in [-0.2, 0) is 11.2 Å². The van der Waals surface area contributed by atoms with Crippen molar-refractivity contribution in [2.75, 3.05) is 7.11 Å². The van der Waals surface area contributed by atoms with Crippen molar-refractivity contribution >= 4 is 28.6 Å². The first kappa shape index (κ1) is 18.8. The minimum Gasteiger partial charge on any atom is -0.865 e. The van der Waals surface area contributed by atoms with Crippen molar-refractivity contribution < 1.29 is 19.6 Å². The van der Waals surface area contributed by atoms with Gasteiger partial charge in [0.25, 0.3) is 5.69 Å². The molecule has 28 heavy (non-hydrogen) atoms. The summed E-state index contributed by atoms with van der Waals surface area (Å²) in [7, 11) is 1.24. The van der Waals surface area contributed by atoms with Gasteiger partial charge in [-0.3, -0.25) is 14.9 Å². The molecule has 0 fully saturated rings. The van der Waals surface area contributed by atoms with Gasteiger partial charge in [0.15, 0.2) is 0 Å². The number of methoxy groups -OCH3 is 1. The van der Waals surface area contributed by atoms with E-state index in [-0.39, 0.29) is 23.6 Å². The molecule has 142 valence electrons. The molecule has 8 nitrogen and oxygen atoms in total. The Bertz CT molecular complexity index is 1070. The van der Waals surface area contributed by atoms with Gasteiger partial charge in [0.2, 0.25) is 5.91 Å². The molecular formula is C20H16N3O5-. The third-order valence-electron chi connectivity index (χ3n) is 4.11. The first-order valence-electron chi connectivity index (χ1n) is 8.31. The molecule has 0 saturated carbocycles. The summed E-state index contributed by atoms with van der Waals surface area (Å²) in [5.41, 5.74) is 2.88. The molecule has 0 saturated heterocycles. The van der Waals surface area contributed by atoms with Gasteiger partial charge in [0.05, 0.1) is 24.7 Å². The lowest BCUT2D eigenvalue weighted by Gasteiger charge is -2.12. The summed E-state index contributed by atoms with van der Waals surface area (Å²) in [5, 5.41) is 28.6. The lowest BCUT2D eigenvalue weighted by atomic mass is 10.0. The highest BCUT2D eigenvalue weighted by atomic mass is 16.6. The third-order valence-corrected chi connectivity index (χ3v) is 4.11. The number of fused-ring (bicyclic) bond motifs is 1. The molecule has 0 radical (unpaired) electrons. The molecule has 0 aliphatic heterocycles. The Morgan fingerprint density at radius 1 is 1.21 bits per heavy atom. The number of hydrogen-bond acceptors (Lipinski definition) is 6. The van der Waals surface area contributed by atoms with Crippen LogP contribution in [0.15, 0.2) is 59.7 Å². The highest BCUT2D eigenvalue weighted by molar-refractivity contribution is 5.91. The van der Waals surface area contributed by atoms with Crippen LogP contribution in [0.3, 0.4) is 0 Å². The van der Waals surface area contributed by atoms with Crippen molar-refractivity contribution in [3.8, 4) is 11.5 Å². The first-order valence-corrected chi connectivity index (χ1v) is 8.31. The lowest BCUT2D eigenvalue weighted by molar-refractivity contribution is -0.398. The summed E-state index contributed by atoms with van der Waals surface area (Å²) in [6, 6.07) is 15.8. The summed E-state index contributed by atoms with van der Waals surface area (Å²) >= 11 is 0. The molecule has 8 heteroatoms. The van der Waals surface area contributed by atoms with Gasteiger partial charge in [-0.2, -0.15) is 5.10 Å². The molecule has 0 aromatic heterocycles. The normalized spacial score (nSPS) is 10.9. The molecule has 0 unspecified atom stereocenters. The maximum absolute atomic E-state index is 12.2. The van der Waals surface area contributed by atoms with Gasteiger partial charge in [-0.15, -0.1) is 0 Å². The molecule has 0 spiro atoms. The van der Waals surface area contributed by atoms with E-state index in [1.54, 1.807) is 0 Å². The molecule has 1 N–H and O–H groups in total. The largest absolute Gasteiger partial charge is 0.865 e. The number of nitro benzene ring substituents is 1. The number of benzene rings is 3. The second kappa shape index (κ2) is 8.17. The number of ether oxygens (including phenoxy) is 1. The van der Waals surface area contributed by atoms with Crippen molar-refractivity contribution in [2.45, 2.75) is 6.42 Å². The fourth-order valence-electron chi connectivity index (χ4n) is 2.81. The maximum Gasteiger partial charge on any atom is 0.266 e. The van der Waals surface area contributed by atoms with Gasteiger partial charge in [0, 0.05) is 17.4 Å². The molecular weight excluding hydrogens is 362 g/mol. The smallest absolute Gasteiger partial charge is 0.266 e. The van der Waals surface area contributed by atoms with E-state index < -0.39 is 16.4 Å². The molecule has 0 atom stereocenters. The molecule has 3 aromatic carbocycles. The van der Waals surface area contributed by atoms with Gasteiger partial charge >= 0.3 is 0 Å². The minimum atomic E-state index is -0.815. The third kappa shape index (κ3) is 4.07. The number of amides is 1. The Hall–Kier alpha value is -3.94. The number of nitrogens with one attached hydrogen (secondary N) is 1. The van der Waals surface area contributed by atoms with E-state index in [9.17, 15) is 20.0 Å². The fraction of sp³-hybridized carbons (Fsp3) is 0.100. The predicted molar refractivity (Wildman–Crippen MR) is 102 cm³/mol. The second-order valence-corrected chi connectivity index (χ2v) is 5.94. The summed E-state index contributed by atoms with van der Waals surface area (Å²) in [6.07, 6.45) is 1.34. The van der Waals surface area contributed by atoms with Crippen molar-refractivity contribution in [2.24, 2.45) is 5.10 Å². The Morgan fingerprint density at radius 2 is 1.96 bits per heavy atom. The lowest BCUT2D eigenvalue weighted by Crippen LogP contribution is -2.19. The van der Waals surface area contributed by atoms with E-state index in [2.05, 4.69) is 10.5 Å². The van der Waals surface area contributed by atoms with Gasteiger partial charge in [0.1, 0.15) is 5.75 Å². The van der Waals surface area contributed by atoms with Crippen LogP contribution in [0.1, 0.15) is 11.1 Å². The van der Waals surface area contributed by atoms with Crippen LogP contribution in [0, 0.1) is 10.1 Å². The van der Waals surface area contributed by atoms with Crippen LogP contribution in [0.2, 0.25) is 0 Å². The number of hydrogen-bond donors (Lipinski definition) is 1. The molecule has 0 heterocycles. The molecule has 3 aromatic rings. The summed E-state index contributed by atoms with van der Waals surface area (Å²) < 4.78 is 4.86. The van der Waals surface area contributed by atoms with E-state index in [1.165, 1.54) is 19.4 Å². The number of rotatable bonds is 6. The number of carbonyl (C=O) groups excluding carboxylic acids is 1. The first-order chi connectivity index (χ1) is 13.5. The van der Waals surface area contributed by atoms with Crippen molar-refractivity contribution in [3.05, 3.63) is 75.8 Å². The van der Waals surface area contributed by atoms with Crippen LogP contribution in [0.5, 0.6) is 11.5 Å². The van der Waals surface area contributed by atoms with Crippen molar-refractivity contribution in [1.29, 1.82) is 0 Å². The van der Waals surface area contributed by atoms with Crippen molar-refractivity contribution in [1.82, 2.24) is 5.43 Å². The molecule has 0 aliphatic rings. The van der Waals surface area contributed by atoms with E-state index in [1.807, 2.05) is 42.5 Å². The standard InChI is InChI=1S/C20H17N3O5/c1-28-18-10-13(9-17(20(18)25)23(26)27)12-21-22-19(24)11-15-7-4-6-14-5-2-3-8-16(14)15/h2-10,12,25H,11H2,1H3,(H,22,24)/p-1/b21-12-. The average molecular weight is 378 g/mol. The Morgan fingerprint density at radius 3 is 2.71 bits per heavy atom. The van der Waals surface area contributed by atoms with Crippen LogP contribution < -0.4 is 15.3 Å². The van der Waals surface area contributed by atoms with Crippen LogP contribution in [-0.4, -0.2) is 24.2 Å². The minimum absolute atomic E-state index is 0.127. The Kier molecular flexibility index (Phi) is 5.50. The average Bonchev–Trinajstić information content (AvgIpc) is 2.69. The predicted octanol–water partition coefficient (Wildman–Crippen LogP) is 2.52. The Labute approximate surface area is 160 Å².